The first-order chi connectivity index (χ1) is 13.9. The Labute approximate surface area is 173 Å². The number of aldehydes is 1. The number of nitrogens with one attached hydrogen (secondary N) is 2. The Morgan fingerprint density at radius 1 is 1.38 bits per heavy atom. The lowest BCUT2D eigenvalue weighted by molar-refractivity contribution is -0.118. The van der Waals surface area contributed by atoms with E-state index >= 15 is 0 Å². The van der Waals surface area contributed by atoms with Crippen LogP contribution in [0.3, 0.4) is 0 Å². The van der Waals surface area contributed by atoms with Crippen LogP contribution in [0.25, 0.3) is 0 Å². The van der Waals surface area contributed by atoms with E-state index in [1.54, 1.807) is 6.07 Å². The lowest BCUT2D eigenvalue weighted by Crippen LogP contribution is -2.35. The maximum absolute atomic E-state index is 12.6. The van der Waals surface area contributed by atoms with E-state index in [0.29, 0.717) is 30.5 Å². The van der Waals surface area contributed by atoms with Crippen molar-refractivity contribution >= 4 is 40.7 Å². The van der Waals surface area contributed by atoms with Crippen molar-refractivity contribution in [3.63, 3.8) is 0 Å². The molecule has 1 aliphatic heterocycles. The number of hydrogen-bond donors (Lipinski definition) is 2. The van der Waals surface area contributed by atoms with Crippen LogP contribution in [0.4, 0.5) is 5.69 Å². The molecule has 0 bridgehead atoms. The topological polar surface area (TPSA) is 111 Å². The summed E-state index contributed by atoms with van der Waals surface area (Å²) in [6.45, 7) is 5.58. The number of methoxy groups -OCH3 is 1. The van der Waals surface area contributed by atoms with E-state index in [0.717, 1.165) is 0 Å². The highest BCUT2D eigenvalue weighted by molar-refractivity contribution is 8.14. The third kappa shape index (κ3) is 6.52. The SMILES string of the molecule is C=CCOC(=O)c1cc(NC(=O)[C@@H]2CC(SC(C)=O)CN2)cc(C(C=O)OC)c1. The molecule has 1 aliphatic rings. The van der Waals surface area contributed by atoms with Gasteiger partial charge in [0.15, 0.2) is 11.4 Å². The van der Waals surface area contributed by atoms with Crippen molar-refractivity contribution in [2.24, 2.45) is 0 Å². The first kappa shape index (κ1) is 22.8. The van der Waals surface area contributed by atoms with Gasteiger partial charge in [-0.3, -0.25) is 9.59 Å². The van der Waals surface area contributed by atoms with Gasteiger partial charge in [-0.05, 0) is 30.2 Å². The lowest BCUT2D eigenvalue weighted by Gasteiger charge is -2.15. The maximum atomic E-state index is 12.6. The van der Waals surface area contributed by atoms with Gasteiger partial charge in [-0.25, -0.2) is 4.79 Å². The van der Waals surface area contributed by atoms with E-state index in [-0.39, 0.29) is 28.4 Å². The maximum Gasteiger partial charge on any atom is 0.338 e. The second-order valence-corrected chi connectivity index (χ2v) is 7.92. The molecule has 1 amide bonds. The molecule has 0 saturated carbocycles. The number of rotatable bonds is 9. The van der Waals surface area contributed by atoms with Crippen LogP contribution in [0.2, 0.25) is 0 Å². The number of ether oxygens (including phenoxy) is 2. The number of hydrogen-bond acceptors (Lipinski definition) is 8. The Kier molecular flexibility index (Phi) is 8.56. The summed E-state index contributed by atoms with van der Waals surface area (Å²) in [7, 11) is 1.37. The van der Waals surface area contributed by atoms with Gasteiger partial charge in [0.1, 0.15) is 12.7 Å². The summed E-state index contributed by atoms with van der Waals surface area (Å²) in [5.74, 6) is -0.904. The number of carbonyl (C=O) groups is 4. The van der Waals surface area contributed by atoms with Crippen LogP contribution in [-0.2, 0) is 23.9 Å². The van der Waals surface area contributed by atoms with E-state index < -0.39 is 18.1 Å². The van der Waals surface area contributed by atoms with E-state index in [2.05, 4.69) is 17.2 Å². The molecule has 1 aromatic carbocycles. The van der Waals surface area contributed by atoms with Gasteiger partial charge >= 0.3 is 5.97 Å². The molecule has 2 unspecified atom stereocenters. The molecule has 0 radical (unpaired) electrons. The van der Waals surface area contributed by atoms with Crippen LogP contribution in [0, 0.1) is 0 Å². The minimum atomic E-state index is -0.890. The van der Waals surface area contributed by atoms with Crippen LogP contribution < -0.4 is 10.6 Å². The van der Waals surface area contributed by atoms with Crippen molar-refractivity contribution in [3.05, 3.63) is 42.0 Å². The van der Waals surface area contributed by atoms with Crippen molar-refractivity contribution in [2.75, 3.05) is 25.6 Å². The van der Waals surface area contributed by atoms with E-state index in [4.69, 9.17) is 9.47 Å². The minimum Gasteiger partial charge on any atom is -0.458 e. The average Bonchev–Trinajstić information content (AvgIpc) is 3.14. The van der Waals surface area contributed by atoms with Crippen LogP contribution >= 0.6 is 11.8 Å². The fraction of sp³-hybridized carbons (Fsp3) is 0.400. The number of amides is 1. The largest absolute Gasteiger partial charge is 0.458 e. The normalized spacial score (nSPS) is 19.2. The number of benzene rings is 1. The Balaban J connectivity index is 2.19. The van der Waals surface area contributed by atoms with Crippen molar-refractivity contribution in [1.82, 2.24) is 5.32 Å². The van der Waals surface area contributed by atoms with Crippen molar-refractivity contribution in [1.29, 1.82) is 0 Å². The van der Waals surface area contributed by atoms with Crippen molar-refractivity contribution < 1.29 is 28.7 Å². The average molecular weight is 420 g/mol. The van der Waals surface area contributed by atoms with Gasteiger partial charge in [-0.15, -0.1) is 0 Å². The zero-order valence-electron chi connectivity index (χ0n) is 16.3. The summed E-state index contributed by atoms with van der Waals surface area (Å²) in [5, 5.41) is 5.89. The molecule has 156 valence electrons. The van der Waals surface area contributed by atoms with Gasteiger partial charge in [0.25, 0.3) is 0 Å². The fourth-order valence-corrected chi connectivity index (χ4v) is 3.89. The standard InChI is InChI=1S/C20H24N2O6S/c1-4-5-28-20(26)14-6-13(18(11-23)27-3)7-15(8-14)22-19(25)17-9-16(10-21-17)29-12(2)24/h4,6-8,11,16-18,21H,1,5,9-10H2,2-3H3,(H,22,25)/t16?,17-,18?/m0/s1. The Bertz CT molecular complexity index is 797. The van der Waals surface area contributed by atoms with Crippen molar-refractivity contribution in [2.45, 2.75) is 30.7 Å². The molecule has 2 N–H and O–H groups in total. The van der Waals surface area contributed by atoms with Crippen LogP contribution in [0.15, 0.2) is 30.9 Å². The van der Waals surface area contributed by atoms with Gasteiger partial charge < -0.3 is 24.9 Å². The van der Waals surface area contributed by atoms with Gasteiger partial charge in [-0.1, -0.05) is 24.4 Å². The monoisotopic (exact) mass is 420 g/mol. The predicted octanol–water partition coefficient (Wildman–Crippen LogP) is 1.86. The second kappa shape index (κ2) is 10.9. The van der Waals surface area contributed by atoms with E-state index in [1.807, 2.05) is 0 Å². The smallest absolute Gasteiger partial charge is 0.338 e. The number of carbonyl (C=O) groups excluding carboxylic acids is 4. The third-order valence-electron chi connectivity index (χ3n) is 4.24. The lowest BCUT2D eigenvalue weighted by atomic mass is 10.0. The van der Waals surface area contributed by atoms with Crippen LogP contribution in [0.1, 0.15) is 35.4 Å². The highest BCUT2D eigenvalue weighted by Crippen LogP contribution is 2.25. The fourth-order valence-electron chi connectivity index (χ4n) is 2.95. The van der Waals surface area contributed by atoms with Crippen molar-refractivity contribution in [3.8, 4) is 0 Å². The zero-order chi connectivity index (χ0) is 21.4. The Morgan fingerprint density at radius 3 is 2.76 bits per heavy atom. The van der Waals surface area contributed by atoms with Gasteiger partial charge in [0.2, 0.25) is 5.91 Å². The molecule has 8 nitrogen and oxygen atoms in total. The van der Waals surface area contributed by atoms with E-state index in [1.165, 1.54) is 44.0 Å². The summed E-state index contributed by atoms with van der Waals surface area (Å²) in [6.07, 6.45) is 1.66. The third-order valence-corrected chi connectivity index (χ3v) is 5.26. The minimum absolute atomic E-state index is 0.00714. The summed E-state index contributed by atoms with van der Waals surface area (Å²) < 4.78 is 10.2. The summed E-state index contributed by atoms with van der Waals surface area (Å²) in [5.41, 5.74) is 0.926. The summed E-state index contributed by atoms with van der Waals surface area (Å²) in [4.78, 5) is 47.4. The molecule has 9 heteroatoms. The predicted molar refractivity (Wildman–Crippen MR) is 110 cm³/mol. The molecular weight excluding hydrogens is 396 g/mol. The van der Waals surface area contributed by atoms with E-state index in [9.17, 15) is 19.2 Å². The molecule has 1 saturated heterocycles. The summed E-state index contributed by atoms with van der Waals surface area (Å²) >= 11 is 1.21. The molecule has 0 aliphatic carbocycles. The van der Waals surface area contributed by atoms with Gasteiger partial charge in [0.05, 0.1) is 11.6 Å². The highest BCUT2D eigenvalue weighted by atomic mass is 32.2. The molecule has 29 heavy (non-hydrogen) atoms. The molecule has 3 atom stereocenters. The molecule has 0 aromatic heterocycles. The number of anilines is 1. The molecular formula is C20H24N2O6S. The van der Waals surface area contributed by atoms with Crippen LogP contribution in [-0.4, -0.2) is 54.8 Å². The number of thioether (sulfide) groups is 1. The zero-order valence-corrected chi connectivity index (χ0v) is 17.1. The summed E-state index contributed by atoms with van der Waals surface area (Å²) in [6, 6.07) is 4.07. The Morgan fingerprint density at radius 2 is 2.14 bits per heavy atom. The molecule has 1 fully saturated rings. The first-order valence-corrected chi connectivity index (χ1v) is 9.88. The molecule has 1 heterocycles. The van der Waals surface area contributed by atoms with Gasteiger partial charge in [-0.2, -0.15) is 0 Å². The van der Waals surface area contributed by atoms with Crippen LogP contribution in [0.5, 0.6) is 0 Å². The molecule has 1 aromatic rings. The number of esters is 1. The highest BCUT2D eigenvalue weighted by Gasteiger charge is 2.30. The first-order valence-electron chi connectivity index (χ1n) is 9.00. The molecule has 0 spiro atoms. The Hall–Kier alpha value is -2.49. The second-order valence-electron chi connectivity index (χ2n) is 6.44. The van der Waals surface area contributed by atoms with Gasteiger partial charge in [0, 0.05) is 31.5 Å². The quantitative estimate of drug-likeness (QED) is 0.354. The molecule has 2 rings (SSSR count).